The molecule has 0 spiro atoms. The molecule has 1 aliphatic carbocycles. The molecule has 0 aromatic heterocycles. The third-order valence-corrected chi connectivity index (χ3v) is 4.27. The van der Waals surface area contributed by atoms with Crippen molar-refractivity contribution in [2.24, 2.45) is 5.92 Å². The van der Waals surface area contributed by atoms with Crippen LogP contribution in [-0.2, 0) is 0 Å². The van der Waals surface area contributed by atoms with Crippen LogP contribution in [0.5, 0.6) is 17.2 Å². The Bertz CT molecular complexity index is 459. The Hall–Kier alpha value is -1.42. The van der Waals surface area contributed by atoms with Crippen LogP contribution in [0.2, 0.25) is 0 Å². The van der Waals surface area contributed by atoms with E-state index in [-0.39, 0.29) is 0 Å². The van der Waals surface area contributed by atoms with Crippen molar-refractivity contribution >= 4 is 0 Å². The second kappa shape index (κ2) is 5.92. The molecule has 0 saturated heterocycles. The van der Waals surface area contributed by atoms with E-state index in [1.54, 1.807) is 0 Å². The van der Waals surface area contributed by atoms with Crippen molar-refractivity contribution in [3.8, 4) is 17.2 Å². The number of ether oxygens (including phenoxy) is 3. The fraction of sp³-hybridized carbons (Fsp3) is 0.625. The smallest absolute Gasteiger partial charge is 0.231 e. The molecule has 1 saturated carbocycles. The van der Waals surface area contributed by atoms with Crippen LogP contribution < -0.4 is 14.2 Å². The Labute approximate surface area is 120 Å². The monoisotopic (exact) mass is 277 g/mol. The highest BCUT2D eigenvalue weighted by Crippen LogP contribution is 2.35. The molecule has 1 aromatic carbocycles. The maximum atomic E-state index is 5.78. The van der Waals surface area contributed by atoms with E-state index in [2.05, 4.69) is 18.9 Å². The zero-order valence-corrected chi connectivity index (χ0v) is 12.3. The lowest BCUT2D eigenvalue weighted by molar-refractivity contribution is 0.173. The first-order valence-corrected chi connectivity index (χ1v) is 7.47. The van der Waals surface area contributed by atoms with Gasteiger partial charge >= 0.3 is 0 Å². The van der Waals surface area contributed by atoms with Crippen LogP contribution in [0.4, 0.5) is 0 Å². The zero-order chi connectivity index (χ0) is 13.9. The third kappa shape index (κ3) is 3.18. The summed E-state index contributed by atoms with van der Waals surface area (Å²) in [5.41, 5.74) is 0. The first kappa shape index (κ1) is 13.6. The van der Waals surface area contributed by atoms with Gasteiger partial charge in [0.1, 0.15) is 5.75 Å². The summed E-state index contributed by atoms with van der Waals surface area (Å²) in [4.78, 5) is 2.45. The Morgan fingerprint density at radius 3 is 2.90 bits per heavy atom. The van der Waals surface area contributed by atoms with Crippen LogP contribution in [0.25, 0.3) is 0 Å². The second-order valence-electron chi connectivity index (χ2n) is 5.78. The van der Waals surface area contributed by atoms with Crippen LogP contribution in [0.3, 0.4) is 0 Å². The van der Waals surface area contributed by atoms with E-state index in [9.17, 15) is 0 Å². The number of rotatable bonds is 7. The van der Waals surface area contributed by atoms with Crippen molar-refractivity contribution in [2.75, 3.05) is 27.0 Å². The average Bonchev–Trinajstić information content (AvgIpc) is 3.20. The summed E-state index contributed by atoms with van der Waals surface area (Å²) >= 11 is 0. The second-order valence-corrected chi connectivity index (χ2v) is 5.78. The highest BCUT2D eigenvalue weighted by Gasteiger charge is 2.30. The van der Waals surface area contributed by atoms with Gasteiger partial charge in [-0.1, -0.05) is 0 Å². The van der Waals surface area contributed by atoms with Crippen LogP contribution >= 0.6 is 0 Å². The Kier molecular flexibility index (Phi) is 4.01. The van der Waals surface area contributed by atoms with Gasteiger partial charge in [-0.2, -0.15) is 0 Å². The van der Waals surface area contributed by atoms with Crippen LogP contribution in [-0.4, -0.2) is 37.9 Å². The predicted molar refractivity (Wildman–Crippen MR) is 77.5 cm³/mol. The van der Waals surface area contributed by atoms with Gasteiger partial charge in [0.15, 0.2) is 11.5 Å². The van der Waals surface area contributed by atoms with E-state index < -0.39 is 0 Å². The summed E-state index contributed by atoms with van der Waals surface area (Å²) in [5, 5.41) is 0. The van der Waals surface area contributed by atoms with E-state index in [1.807, 2.05) is 18.2 Å². The molecule has 1 aliphatic heterocycles. The first-order chi connectivity index (χ1) is 9.74. The van der Waals surface area contributed by atoms with E-state index in [0.717, 1.165) is 42.7 Å². The molecule has 2 aliphatic rings. The van der Waals surface area contributed by atoms with Crippen molar-refractivity contribution in [1.29, 1.82) is 0 Å². The van der Waals surface area contributed by atoms with Gasteiger partial charge in [0.05, 0.1) is 6.61 Å². The fourth-order valence-corrected chi connectivity index (χ4v) is 2.61. The Morgan fingerprint density at radius 1 is 1.30 bits per heavy atom. The number of hydrogen-bond donors (Lipinski definition) is 0. The molecule has 20 heavy (non-hydrogen) atoms. The zero-order valence-electron chi connectivity index (χ0n) is 12.3. The lowest BCUT2D eigenvalue weighted by Gasteiger charge is -2.24. The maximum absolute atomic E-state index is 5.78. The third-order valence-electron chi connectivity index (χ3n) is 4.27. The number of benzene rings is 1. The molecule has 4 nitrogen and oxygen atoms in total. The largest absolute Gasteiger partial charge is 0.493 e. The molecule has 0 amide bonds. The fourth-order valence-electron chi connectivity index (χ4n) is 2.61. The molecular weight excluding hydrogens is 254 g/mol. The van der Waals surface area contributed by atoms with Crippen molar-refractivity contribution in [3.05, 3.63) is 18.2 Å². The quantitative estimate of drug-likeness (QED) is 0.717. The van der Waals surface area contributed by atoms with Crippen molar-refractivity contribution in [1.82, 2.24) is 4.90 Å². The highest BCUT2D eigenvalue weighted by molar-refractivity contribution is 5.46. The van der Waals surface area contributed by atoms with Gasteiger partial charge in [-0.05, 0) is 51.3 Å². The molecule has 1 aromatic rings. The minimum atomic E-state index is 0.308. The normalized spacial score (nSPS) is 18.4. The van der Waals surface area contributed by atoms with Crippen molar-refractivity contribution < 1.29 is 14.2 Å². The SMILES string of the molecule is CC(C1CC1)N(C)CCCOc1ccc2c(c1)OCO2. The average molecular weight is 277 g/mol. The molecule has 0 bridgehead atoms. The number of hydrogen-bond acceptors (Lipinski definition) is 4. The summed E-state index contributed by atoms with van der Waals surface area (Å²) in [5.74, 6) is 3.36. The number of nitrogens with zero attached hydrogens (tertiary/aromatic N) is 1. The van der Waals surface area contributed by atoms with E-state index in [4.69, 9.17) is 14.2 Å². The van der Waals surface area contributed by atoms with Gasteiger partial charge in [0, 0.05) is 18.7 Å². The highest BCUT2D eigenvalue weighted by atomic mass is 16.7. The lowest BCUT2D eigenvalue weighted by Crippen LogP contribution is -2.32. The van der Waals surface area contributed by atoms with Gasteiger partial charge < -0.3 is 19.1 Å². The van der Waals surface area contributed by atoms with Gasteiger partial charge in [0.25, 0.3) is 0 Å². The minimum Gasteiger partial charge on any atom is -0.493 e. The first-order valence-electron chi connectivity index (χ1n) is 7.47. The summed E-state index contributed by atoms with van der Waals surface area (Å²) in [6.45, 7) is 4.46. The summed E-state index contributed by atoms with van der Waals surface area (Å²) in [6.07, 6.45) is 3.85. The Morgan fingerprint density at radius 2 is 2.10 bits per heavy atom. The molecule has 0 N–H and O–H groups in total. The molecule has 110 valence electrons. The van der Waals surface area contributed by atoms with Crippen molar-refractivity contribution in [2.45, 2.75) is 32.2 Å². The molecular formula is C16H23NO3. The van der Waals surface area contributed by atoms with E-state index >= 15 is 0 Å². The molecule has 1 fully saturated rings. The van der Waals surface area contributed by atoms with Crippen LogP contribution in [0, 0.1) is 5.92 Å². The van der Waals surface area contributed by atoms with Crippen LogP contribution in [0.1, 0.15) is 26.2 Å². The lowest BCUT2D eigenvalue weighted by atomic mass is 10.2. The molecule has 3 rings (SSSR count). The summed E-state index contributed by atoms with van der Waals surface area (Å²) in [7, 11) is 2.21. The van der Waals surface area contributed by atoms with Crippen molar-refractivity contribution in [3.63, 3.8) is 0 Å². The van der Waals surface area contributed by atoms with Crippen LogP contribution in [0.15, 0.2) is 18.2 Å². The molecule has 1 heterocycles. The topological polar surface area (TPSA) is 30.9 Å². The van der Waals surface area contributed by atoms with Gasteiger partial charge in [-0.3, -0.25) is 0 Å². The van der Waals surface area contributed by atoms with E-state index in [0.29, 0.717) is 12.8 Å². The minimum absolute atomic E-state index is 0.308. The maximum Gasteiger partial charge on any atom is 0.231 e. The van der Waals surface area contributed by atoms with Gasteiger partial charge in [0.2, 0.25) is 6.79 Å². The van der Waals surface area contributed by atoms with E-state index in [1.165, 1.54) is 12.8 Å². The number of fused-ring (bicyclic) bond motifs is 1. The van der Waals surface area contributed by atoms with Gasteiger partial charge in [-0.25, -0.2) is 0 Å². The standard InChI is InChI=1S/C16H23NO3/c1-12(13-4-5-13)17(2)8-3-9-18-14-6-7-15-16(10-14)20-11-19-15/h6-7,10,12-13H,3-5,8-9,11H2,1-2H3. The Balaban J connectivity index is 1.39. The molecule has 1 unspecified atom stereocenters. The summed E-state index contributed by atoms with van der Waals surface area (Å²) in [6, 6.07) is 6.45. The van der Waals surface area contributed by atoms with Gasteiger partial charge in [-0.15, -0.1) is 0 Å². The molecule has 4 heteroatoms. The molecule has 1 atom stereocenters. The summed E-state index contributed by atoms with van der Waals surface area (Å²) < 4.78 is 16.4. The molecule has 0 radical (unpaired) electrons. The predicted octanol–water partition coefficient (Wildman–Crippen LogP) is 2.91.